The van der Waals surface area contributed by atoms with E-state index in [9.17, 15) is 14.4 Å². The van der Waals surface area contributed by atoms with Crippen LogP contribution >= 0.6 is 0 Å². The van der Waals surface area contributed by atoms with Crippen LogP contribution in [0.4, 0.5) is 0 Å². The van der Waals surface area contributed by atoms with Crippen molar-refractivity contribution < 1.29 is 23.9 Å². The topological polar surface area (TPSA) is 81.7 Å². The molecule has 0 bridgehead atoms. The monoisotopic (exact) mass is 734 g/mol. The van der Waals surface area contributed by atoms with Gasteiger partial charge in [0.1, 0.15) is 18.8 Å². The van der Waals surface area contributed by atoms with Crippen LogP contribution in [0.5, 0.6) is 0 Å². The van der Waals surface area contributed by atoms with E-state index in [1.165, 1.54) is 194 Å². The predicted molar refractivity (Wildman–Crippen MR) is 222 cm³/mol. The summed E-state index contributed by atoms with van der Waals surface area (Å²) in [7, 11) is 0. The summed E-state index contributed by atoms with van der Waals surface area (Å²) in [5, 5.41) is 2.99. The van der Waals surface area contributed by atoms with Gasteiger partial charge in [0.25, 0.3) is 0 Å². The van der Waals surface area contributed by atoms with Gasteiger partial charge in [-0.15, -0.1) is 0 Å². The quantitative estimate of drug-likeness (QED) is 0.0385. The van der Waals surface area contributed by atoms with E-state index >= 15 is 0 Å². The maximum Gasteiger partial charge on any atom is 0.303 e. The highest BCUT2D eigenvalue weighted by Gasteiger charge is 2.25. The largest absolute Gasteiger partial charge is 0.464 e. The minimum absolute atomic E-state index is 0.0267. The molecule has 0 aromatic carbocycles. The summed E-state index contributed by atoms with van der Waals surface area (Å²) in [4.78, 5) is 36.4. The van der Waals surface area contributed by atoms with E-state index < -0.39 is 24.1 Å². The van der Waals surface area contributed by atoms with E-state index in [1.807, 2.05) is 12.2 Å². The van der Waals surface area contributed by atoms with Crippen LogP contribution in [0.15, 0.2) is 12.2 Å². The van der Waals surface area contributed by atoms with Crippen LogP contribution in [0.2, 0.25) is 0 Å². The zero-order chi connectivity index (χ0) is 38.2. The van der Waals surface area contributed by atoms with Gasteiger partial charge in [-0.25, -0.2) is 0 Å². The van der Waals surface area contributed by atoms with E-state index in [-0.39, 0.29) is 12.5 Å². The number of carbonyl (C=O) groups excluding carboxylic acids is 3. The number of hydrogen-bond donors (Lipinski definition) is 1. The molecule has 0 aromatic rings. The van der Waals surface area contributed by atoms with Crippen molar-refractivity contribution in [2.45, 2.75) is 258 Å². The van der Waals surface area contributed by atoms with Crippen LogP contribution in [0.25, 0.3) is 0 Å². The first-order chi connectivity index (χ1) is 25.4. The number of ether oxygens (including phenoxy) is 2. The fraction of sp³-hybridized carbons (Fsp3) is 0.891. The fourth-order valence-corrected chi connectivity index (χ4v) is 7.03. The lowest BCUT2D eigenvalue weighted by atomic mass is 10.0. The fourth-order valence-electron chi connectivity index (χ4n) is 7.03. The van der Waals surface area contributed by atoms with Gasteiger partial charge in [0.05, 0.1) is 0 Å². The number of carbonyl (C=O) groups is 3. The van der Waals surface area contributed by atoms with Crippen LogP contribution in [0.3, 0.4) is 0 Å². The normalized spacial score (nSPS) is 12.6. The van der Waals surface area contributed by atoms with Crippen molar-refractivity contribution in [2.24, 2.45) is 0 Å². The van der Waals surface area contributed by atoms with Gasteiger partial charge in [0.2, 0.25) is 5.91 Å². The molecule has 1 N–H and O–H groups in total. The van der Waals surface area contributed by atoms with Crippen LogP contribution in [0.1, 0.15) is 246 Å². The number of hydrogen-bond acceptors (Lipinski definition) is 5. The molecule has 0 rings (SSSR count). The van der Waals surface area contributed by atoms with Crippen LogP contribution < -0.4 is 5.32 Å². The molecule has 0 heterocycles. The maximum atomic E-state index is 12.9. The molecule has 0 aromatic heterocycles. The molecule has 0 aliphatic rings. The molecule has 0 fully saturated rings. The second-order valence-electron chi connectivity index (χ2n) is 15.6. The Morgan fingerprint density at radius 2 is 0.827 bits per heavy atom. The molecule has 6 heteroatoms. The SMILES string of the molecule is CCCCCCCCCCCCC/C=C\[C@H](OC(C)=O)[C@H](COC(C)=O)NC(=O)CCCCCCCCCCCCCCCCCCCCCCC. The van der Waals surface area contributed by atoms with Crippen molar-refractivity contribution in [2.75, 3.05) is 6.61 Å². The lowest BCUT2D eigenvalue weighted by Crippen LogP contribution is -2.47. The zero-order valence-electron chi connectivity index (χ0n) is 35.1. The molecular formula is C46H87NO5. The second-order valence-corrected chi connectivity index (χ2v) is 15.6. The van der Waals surface area contributed by atoms with Gasteiger partial charge in [-0.2, -0.15) is 0 Å². The molecule has 0 saturated carbocycles. The first-order valence-corrected chi connectivity index (χ1v) is 22.7. The van der Waals surface area contributed by atoms with E-state index in [0.29, 0.717) is 6.42 Å². The molecule has 6 nitrogen and oxygen atoms in total. The molecule has 306 valence electrons. The third-order valence-corrected chi connectivity index (χ3v) is 10.3. The first-order valence-electron chi connectivity index (χ1n) is 22.7. The third-order valence-electron chi connectivity index (χ3n) is 10.3. The highest BCUT2D eigenvalue weighted by Crippen LogP contribution is 2.16. The Kier molecular flexibility index (Phi) is 38.9. The molecule has 0 spiro atoms. The standard InChI is InChI=1S/C46H87NO5/c1-5-7-9-11-13-15-17-19-20-21-22-23-24-25-26-28-30-32-34-36-38-40-46(50)47-44(41-51-42(3)48)45(52-43(4)49)39-37-35-33-31-29-27-18-16-14-12-10-8-6-2/h37,39,44-45H,5-36,38,40-41H2,1-4H3,(H,47,50)/b39-37-/t44-,45-/m0/s1. The average Bonchev–Trinajstić information content (AvgIpc) is 3.12. The zero-order valence-corrected chi connectivity index (χ0v) is 35.1. The summed E-state index contributed by atoms with van der Waals surface area (Å²) >= 11 is 0. The van der Waals surface area contributed by atoms with E-state index in [2.05, 4.69) is 19.2 Å². The van der Waals surface area contributed by atoms with Crippen molar-refractivity contribution in [3.63, 3.8) is 0 Å². The Labute approximate surface area is 323 Å². The molecule has 0 saturated heterocycles. The van der Waals surface area contributed by atoms with Crippen LogP contribution in [-0.4, -0.2) is 36.6 Å². The lowest BCUT2D eigenvalue weighted by molar-refractivity contribution is -0.149. The molecule has 0 aliphatic carbocycles. The average molecular weight is 734 g/mol. The minimum atomic E-state index is -0.673. The summed E-state index contributed by atoms with van der Waals surface area (Å²) in [6.07, 6.45) is 46.8. The van der Waals surface area contributed by atoms with E-state index in [0.717, 1.165) is 32.1 Å². The number of unbranched alkanes of at least 4 members (excludes halogenated alkanes) is 31. The predicted octanol–water partition coefficient (Wildman–Crippen LogP) is 13.8. The van der Waals surface area contributed by atoms with Gasteiger partial charge in [0.15, 0.2) is 0 Å². The van der Waals surface area contributed by atoms with Crippen molar-refractivity contribution in [1.29, 1.82) is 0 Å². The molecule has 52 heavy (non-hydrogen) atoms. The van der Waals surface area contributed by atoms with Crippen LogP contribution in [-0.2, 0) is 23.9 Å². The number of rotatable bonds is 40. The van der Waals surface area contributed by atoms with Gasteiger partial charge in [-0.1, -0.05) is 213 Å². The maximum absolute atomic E-state index is 12.9. The number of allylic oxidation sites excluding steroid dienone is 1. The summed E-state index contributed by atoms with van der Waals surface area (Å²) < 4.78 is 10.8. The molecule has 0 radical (unpaired) electrons. The summed E-state index contributed by atoms with van der Waals surface area (Å²) in [5.41, 5.74) is 0. The minimum Gasteiger partial charge on any atom is -0.464 e. The van der Waals surface area contributed by atoms with E-state index in [4.69, 9.17) is 9.47 Å². The highest BCUT2D eigenvalue weighted by molar-refractivity contribution is 5.76. The first kappa shape index (κ1) is 50.1. The molecular weight excluding hydrogens is 647 g/mol. The summed E-state index contributed by atoms with van der Waals surface area (Å²) in [5.74, 6) is -0.934. The Morgan fingerprint density at radius 3 is 1.17 bits per heavy atom. The molecule has 2 atom stereocenters. The number of esters is 2. The molecule has 1 amide bonds. The van der Waals surface area contributed by atoms with Gasteiger partial charge >= 0.3 is 11.9 Å². The van der Waals surface area contributed by atoms with Crippen molar-refractivity contribution in [1.82, 2.24) is 5.32 Å². The van der Waals surface area contributed by atoms with Crippen molar-refractivity contribution in [3.05, 3.63) is 12.2 Å². The molecule has 0 unspecified atom stereocenters. The Bertz CT molecular complexity index is 828. The second kappa shape index (κ2) is 40.3. The Morgan fingerprint density at radius 1 is 0.481 bits per heavy atom. The van der Waals surface area contributed by atoms with Crippen molar-refractivity contribution in [3.8, 4) is 0 Å². The van der Waals surface area contributed by atoms with Crippen molar-refractivity contribution >= 4 is 17.8 Å². The summed E-state index contributed by atoms with van der Waals surface area (Å²) in [6, 6.07) is -0.608. The van der Waals surface area contributed by atoms with Gasteiger partial charge in [0, 0.05) is 20.3 Å². The lowest BCUT2D eigenvalue weighted by Gasteiger charge is -2.25. The molecule has 0 aliphatic heterocycles. The third kappa shape index (κ3) is 37.9. The Hall–Kier alpha value is -1.85. The van der Waals surface area contributed by atoms with Gasteiger partial charge < -0.3 is 14.8 Å². The number of amides is 1. The van der Waals surface area contributed by atoms with Gasteiger partial charge in [-0.05, 0) is 25.3 Å². The Balaban J connectivity index is 4.08. The number of nitrogens with one attached hydrogen (secondary N) is 1. The summed E-state index contributed by atoms with van der Waals surface area (Å²) in [6.45, 7) is 7.24. The van der Waals surface area contributed by atoms with Gasteiger partial charge in [-0.3, -0.25) is 14.4 Å². The van der Waals surface area contributed by atoms with Crippen LogP contribution in [0, 0.1) is 0 Å². The highest BCUT2D eigenvalue weighted by atomic mass is 16.6. The van der Waals surface area contributed by atoms with E-state index in [1.54, 1.807) is 0 Å². The smallest absolute Gasteiger partial charge is 0.303 e.